The van der Waals surface area contributed by atoms with Crippen LogP contribution in [0.3, 0.4) is 0 Å². The summed E-state index contributed by atoms with van der Waals surface area (Å²) >= 11 is 9.64. The molecule has 0 heterocycles. The van der Waals surface area contributed by atoms with Gasteiger partial charge in [-0.1, -0.05) is 54.4 Å². The number of hydrogen-bond donors (Lipinski definition) is 1. The largest absolute Gasteiger partial charge is 0.308 e. The van der Waals surface area contributed by atoms with Crippen molar-refractivity contribution >= 4 is 27.5 Å². The van der Waals surface area contributed by atoms with Gasteiger partial charge in [0.15, 0.2) is 0 Å². The summed E-state index contributed by atoms with van der Waals surface area (Å²) in [7, 11) is 0. The van der Waals surface area contributed by atoms with Crippen molar-refractivity contribution in [3.8, 4) is 0 Å². The van der Waals surface area contributed by atoms with Crippen LogP contribution in [0.2, 0.25) is 5.02 Å². The summed E-state index contributed by atoms with van der Waals surface area (Å²) in [5, 5.41) is 4.40. The number of hydrogen-bond acceptors (Lipinski definition) is 1. The lowest BCUT2D eigenvalue weighted by Crippen LogP contribution is -2.41. The highest BCUT2D eigenvalue weighted by Crippen LogP contribution is 2.28. The molecule has 0 saturated heterocycles. The Morgan fingerprint density at radius 2 is 1.78 bits per heavy atom. The first-order chi connectivity index (χ1) is 8.09. The van der Waals surface area contributed by atoms with Crippen LogP contribution in [0.4, 0.5) is 0 Å². The second kappa shape index (κ2) is 5.94. The number of halogens is 2. The van der Waals surface area contributed by atoms with E-state index in [1.807, 2.05) is 12.1 Å². The van der Waals surface area contributed by atoms with Crippen LogP contribution in [0.5, 0.6) is 0 Å². The summed E-state index contributed by atoms with van der Waals surface area (Å²) in [4.78, 5) is 0. The van der Waals surface area contributed by atoms with Crippen molar-refractivity contribution in [2.75, 3.05) is 0 Å². The van der Waals surface area contributed by atoms with Crippen molar-refractivity contribution in [3.05, 3.63) is 33.3 Å². The summed E-state index contributed by atoms with van der Waals surface area (Å²) in [6.45, 7) is 12.1. The monoisotopic (exact) mass is 331 g/mol. The normalized spacial score (nSPS) is 12.8. The third kappa shape index (κ3) is 5.73. The van der Waals surface area contributed by atoms with E-state index in [0.29, 0.717) is 5.41 Å². The van der Waals surface area contributed by atoms with E-state index in [1.54, 1.807) is 0 Å². The maximum atomic E-state index is 6.22. The molecule has 0 aliphatic carbocycles. The number of rotatable bonds is 4. The standard InChI is InChI=1S/C15H23BrClN/c1-14(2,3)10-15(4,5)18-9-11-6-7-12(16)8-13(11)17/h6-8,18H,9-10H2,1-5H3. The van der Waals surface area contributed by atoms with Gasteiger partial charge >= 0.3 is 0 Å². The molecule has 0 spiro atoms. The quantitative estimate of drug-likeness (QED) is 0.777. The second-order valence-corrected chi connectivity index (χ2v) is 8.03. The molecule has 0 aromatic heterocycles. The predicted octanol–water partition coefficient (Wildman–Crippen LogP) is 5.41. The van der Waals surface area contributed by atoms with Crippen molar-refractivity contribution in [1.82, 2.24) is 5.32 Å². The summed E-state index contributed by atoms with van der Waals surface area (Å²) in [6.07, 6.45) is 1.12. The van der Waals surface area contributed by atoms with Gasteiger partial charge in [0, 0.05) is 21.6 Å². The van der Waals surface area contributed by atoms with Crippen molar-refractivity contribution in [3.63, 3.8) is 0 Å². The molecule has 0 fully saturated rings. The van der Waals surface area contributed by atoms with Crippen LogP contribution >= 0.6 is 27.5 Å². The van der Waals surface area contributed by atoms with Crippen LogP contribution in [-0.2, 0) is 6.54 Å². The van der Waals surface area contributed by atoms with Crippen molar-refractivity contribution in [1.29, 1.82) is 0 Å². The lowest BCUT2D eigenvalue weighted by atomic mass is 9.82. The Morgan fingerprint density at radius 1 is 1.17 bits per heavy atom. The van der Waals surface area contributed by atoms with Gasteiger partial charge in [-0.15, -0.1) is 0 Å². The van der Waals surface area contributed by atoms with Crippen molar-refractivity contribution in [2.45, 2.75) is 53.1 Å². The van der Waals surface area contributed by atoms with Crippen LogP contribution in [0.1, 0.15) is 46.6 Å². The van der Waals surface area contributed by atoms with Gasteiger partial charge in [0.05, 0.1) is 0 Å². The van der Waals surface area contributed by atoms with Gasteiger partial charge in [-0.25, -0.2) is 0 Å². The molecule has 102 valence electrons. The molecule has 1 N–H and O–H groups in total. The summed E-state index contributed by atoms with van der Waals surface area (Å²) in [6, 6.07) is 6.03. The van der Waals surface area contributed by atoms with Crippen molar-refractivity contribution in [2.24, 2.45) is 5.41 Å². The van der Waals surface area contributed by atoms with Crippen LogP contribution in [-0.4, -0.2) is 5.54 Å². The lowest BCUT2D eigenvalue weighted by Gasteiger charge is -2.33. The smallest absolute Gasteiger partial charge is 0.0462 e. The first-order valence-corrected chi connectivity index (χ1v) is 7.45. The average Bonchev–Trinajstić information content (AvgIpc) is 2.12. The molecule has 1 aromatic rings. The Labute approximate surface area is 124 Å². The Balaban J connectivity index is 2.64. The summed E-state index contributed by atoms with van der Waals surface area (Å²) in [5.41, 5.74) is 1.57. The highest BCUT2D eigenvalue weighted by molar-refractivity contribution is 9.10. The molecule has 1 aromatic carbocycles. The Kier molecular flexibility index (Phi) is 5.28. The minimum atomic E-state index is 0.106. The first-order valence-electron chi connectivity index (χ1n) is 6.28. The summed E-state index contributed by atoms with van der Waals surface area (Å²) in [5.74, 6) is 0. The predicted molar refractivity (Wildman–Crippen MR) is 84.1 cm³/mol. The third-order valence-electron chi connectivity index (χ3n) is 2.74. The Bertz CT molecular complexity index is 407. The molecule has 0 bridgehead atoms. The van der Waals surface area contributed by atoms with Crippen LogP contribution in [0, 0.1) is 5.41 Å². The van der Waals surface area contributed by atoms with Crippen LogP contribution in [0.15, 0.2) is 22.7 Å². The molecule has 1 nitrogen and oxygen atoms in total. The molecule has 0 unspecified atom stereocenters. The number of benzene rings is 1. The van der Waals surface area contributed by atoms with E-state index in [2.05, 4.69) is 61.9 Å². The van der Waals surface area contributed by atoms with Gasteiger partial charge in [0.1, 0.15) is 0 Å². The van der Waals surface area contributed by atoms with E-state index in [-0.39, 0.29) is 5.54 Å². The first kappa shape index (κ1) is 16.0. The lowest BCUT2D eigenvalue weighted by molar-refractivity contribution is 0.241. The number of nitrogens with one attached hydrogen (secondary N) is 1. The minimum absolute atomic E-state index is 0.106. The van der Waals surface area contributed by atoms with Gasteiger partial charge in [0.2, 0.25) is 0 Å². The Hall–Kier alpha value is -0.0500. The molecule has 3 heteroatoms. The van der Waals surface area contributed by atoms with E-state index in [1.165, 1.54) is 0 Å². The van der Waals surface area contributed by atoms with Gasteiger partial charge in [-0.2, -0.15) is 0 Å². The van der Waals surface area contributed by atoms with E-state index < -0.39 is 0 Å². The molecule has 0 atom stereocenters. The zero-order valence-corrected chi connectivity index (χ0v) is 14.2. The van der Waals surface area contributed by atoms with Gasteiger partial charge < -0.3 is 5.32 Å². The van der Waals surface area contributed by atoms with Crippen LogP contribution < -0.4 is 5.32 Å². The molecule has 0 aliphatic rings. The summed E-state index contributed by atoms with van der Waals surface area (Å²) < 4.78 is 1.02. The van der Waals surface area contributed by atoms with E-state index in [0.717, 1.165) is 28.0 Å². The highest BCUT2D eigenvalue weighted by atomic mass is 79.9. The Morgan fingerprint density at radius 3 is 2.28 bits per heavy atom. The molecule has 1 rings (SSSR count). The van der Waals surface area contributed by atoms with Gasteiger partial charge in [-0.05, 0) is 43.4 Å². The van der Waals surface area contributed by atoms with E-state index in [9.17, 15) is 0 Å². The van der Waals surface area contributed by atoms with Crippen molar-refractivity contribution < 1.29 is 0 Å². The zero-order valence-electron chi connectivity index (χ0n) is 11.9. The molecule has 18 heavy (non-hydrogen) atoms. The zero-order chi connectivity index (χ0) is 14.0. The fraction of sp³-hybridized carbons (Fsp3) is 0.600. The topological polar surface area (TPSA) is 12.0 Å². The highest BCUT2D eigenvalue weighted by Gasteiger charge is 2.24. The molecule has 0 amide bonds. The molecular formula is C15H23BrClN. The third-order valence-corrected chi connectivity index (χ3v) is 3.59. The average molecular weight is 333 g/mol. The fourth-order valence-electron chi connectivity index (χ4n) is 2.39. The molecule has 0 radical (unpaired) electrons. The SMILES string of the molecule is CC(C)(C)CC(C)(C)NCc1ccc(Br)cc1Cl. The van der Waals surface area contributed by atoms with E-state index in [4.69, 9.17) is 11.6 Å². The minimum Gasteiger partial charge on any atom is -0.308 e. The van der Waals surface area contributed by atoms with Crippen LogP contribution in [0.25, 0.3) is 0 Å². The second-order valence-electron chi connectivity index (χ2n) is 6.71. The van der Waals surface area contributed by atoms with Gasteiger partial charge in [-0.3, -0.25) is 0 Å². The molecule has 0 aliphatic heterocycles. The molecular weight excluding hydrogens is 310 g/mol. The van der Waals surface area contributed by atoms with Gasteiger partial charge in [0.25, 0.3) is 0 Å². The maximum Gasteiger partial charge on any atom is 0.0462 e. The maximum absolute atomic E-state index is 6.22. The molecule has 0 saturated carbocycles. The van der Waals surface area contributed by atoms with E-state index >= 15 is 0 Å². The fourth-order valence-corrected chi connectivity index (χ4v) is 3.13.